The molecule has 0 fully saturated rings. The number of hydrogen-bond acceptors (Lipinski definition) is 3. The van der Waals surface area contributed by atoms with Gasteiger partial charge in [0.1, 0.15) is 5.82 Å². The molecule has 2 heterocycles. The van der Waals surface area contributed by atoms with Crippen molar-refractivity contribution in [3.63, 3.8) is 0 Å². The first kappa shape index (κ1) is 16.0. The fourth-order valence-electron chi connectivity index (χ4n) is 3.31. The van der Waals surface area contributed by atoms with Gasteiger partial charge in [0.05, 0.1) is 0 Å². The highest BCUT2D eigenvalue weighted by Crippen LogP contribution is 2.33. The molecule has 1 aromatic heterocycles. The van der Waals surface area contributed by atoms with Crippen LogP contribution in [0.4, 0.5) is 11.5 Å². The van der Waals surface area contributed by atoms with Crippen molar-refractivity contribution in [3.8, 4) is 0 Å². The molecular weight excluding hydrogens is 330 g/mol. The van der Waals surface area contributed by atoms with Gasteiger partial charge in [0.25, 0.3) is 0 Å². The molecule has 2 aromatic carbocycles. The van der Waals surface area contributed by atoms with Crippen LogP contribution in [0, 0.1) is 0 Å². The summed E-state index contributed by atoms with van der Waals surface area (Å²) in [5.41, 5.74) is 5.08. The normalized spacial score (nSPS) is 15.5. The molecule has 25 heavy (non-hydrogen) atoms. The third kappa shape index (κ3) is 3.77. The van der Waals surface area contributed by atoms with Crippen LogP contribution in [0.25, 0.3) is 0 Å². The largest absolute Gasteiger partial charge is 0.384 e. The molecule has 0 saturated heterocycles. The molecule has 4 heteroatoms. The second-order valence-corrected chi connectivity index (χ2v) is 6.84. The zero-order valence-electron chi connectivity index (χ0n) is 13.9. The average molecular weight is 350 g/mol. The summed E-state index contributed by atoms with van der Waals surface area (Å²) in [6.45, 7) is 1.71. The SMILES string of the molecule is Clc1cccc(CNc2ccc(CC3CNc4ccccc43)cn2)c1. The number of halogens is 1. The minimum absolute atomic E-state index is 0.517. The van der Waals surface area contributed by atoms with Crippen molar-refractivity contribution in [2.75, 3.05) is 17.2 Å². The summed E-state index contributed by atoms with van der Waals surface area (Å²) >= 11 is 6.02. The van der Waals surface area contributed by atoms with E-state index in [-0.39, 0.29) is 0 Å². The molecular formula is C21H20ClN3. The first-order chi connectivity index (χ1) is 12.3. The molecule has 0 bridgehead atoms. The van der Waals surface area contributed by atoms with Gasteiger partial charge in [0.15, 0.2) is 0 Å². The van der Waals surface area contributed by atoms with Crippen LogP contribution in [-0.2, 0) is 13.0 Å². The summed E-state index contributed by atoms with van der Waals surface area (Å²) in [5.74, 6) is 1.40. The first-order valence-electron chi connectivity index (χ1n) is 8.54. The van der Waals surface area contributed by atoms with Crippen molar-refractivity contribution in [2.24, 2.45) is 0 Å². The maximum Gasteiger partial charge on any atom is 0.126 e. The predicted molar refractivity (Wildman–Crippen MR) is 104 cm³/mol. The van der Waals surface area contributed by atoms with Gasteiger partial charge >= 0.3 is 0 Å². The Kier molecular flexibility index (Phi) is 4.57. The number of para-hydroxylation sites is 1. The van der Waals surface area contributed by atoms with Crippen LogP contribution in [0.3, 0.4) is 0 Å². The van der Waals surface area contributed by atoms with E-state index in [9.17, 15) is 0 Å². The Morgan fingerprint density at radius 2 is 1.96 bits per heavy atom. The van der Waals surface area contributed by atoms with Crippen molar-refractivity contribution < 1.29 is 0 Å². The molecule has 0 saturated carbocycles. The topological polar surface area (TPSA) is 37.0 Å². The van der Waals surface area contributed by atoms with Crippen molar-refractivity contribution in [1.82, 2.24) is 4.98 Å². The number of pyridine rings is 1. The van der Waals surface area contributed by atoms with Gasteiger partial charge < -0.3 is 10.6 Å². The maximum atomic E-state index is 6.02. The number of benzene rings is 2. The van der Waals surface area contributed by atoms with E-state index in [1.807, 2.05) is 30.5 Å². The standard InChI is InChI=1S/C21H20ClN3/c22-18-5-3-4-15(11-18)12-24-21-9-8-16(13-25-21)10-17-14-23-20-7-2-1-6-19(17)20/h1-9,11,13,17,23H,10,12,14H2,(H,24,25). The minimum atomic E-state index is 0.517. The molecule has 0 radical (unpaired) electrons. The van der Waals surface area contributed by atoms with Crippen LogP contribution in [0.2, 0.25) is 5.02 Å². The monoisotopic (exact) mass is 349 g/mol. The number of nitrogens with zero attached hydrogens (tertiary/aromatic N) is 1. The first-order valence-corrected chi connectivity index (χ1v) is 8.92. The van der Waals surface area contributed by atoms with Crippen LogP contribution in [0.15, 0.2) is 66.9 Å². The lowest BCUT2D eigenvalue weighted by Crippen LogP contribution is -2.06. The Morgan fingerprint density at radius 1 is 1.04 bits per heavy atom. The van der Waals surface area contributed by atoms with Gasteiger partial charge in [0.2, 0.25) is 0 Å². The lowest BCUT2D eigenvalue weighted by Gasteiger charge is -2.11. The second-order valence-electron chi connectivity index (χ2n) is 6.40. The number of aromatic nitrogens is 1. The Labute approximate surface area is 153 Å². The molecule has 126 valence electrons. The zero-order chi connectivity index (χ0) is 17.1. The van der Waals surface area contributed by atoms with E-state index < -0.39 is 0 Å². The van der Waals surface area contributed by atoms with E-state index in [1.165, 1.54) is 16.8 Å². The molecule has 1 aliphatic heterocycles. The van der Waals surface area contributed by atoms with E-state index in [0.717, 1.165) is 29.4 Å². The molecule has 0 aliphatic carbocycles. The molecule has 0 amide bonds. The van der Waals surface area contributed by atoms with Crippen molar-refractivity contribution in [3.05, 3.63) is 88.6 Å². The summed E-state index contributed by atoms with van der Waals surface area (Å²) in [6.07, 6.45) is 2.98. The Balaban J connectivity index is 1.38. The fraction of sp³-hybridized carbons (Fsp3) is 0.190. The van der Waals surface area contributed by atoms with E-state index >= 15 is 0 Å². The van der Waals surface area contributed by atoms with Gasteiger partial charge in [-0.05, 0) is 47.4 Å². The highest BCUT2D eigenvalue weighted by atomic mass is 35.5. The van der Waals surface area contributed by atoms with Crippen molar-refractivity contribution in [1.29, 1.82) is 0 Å². The molecule has 4 rings (SSSR count). The Hall–Kier alpha value is -2.52. The number of anilines is 2. The Morgan fingerprint density at radius 3 is 2.80 bits per heavy atom. The van der Waals surface area contributed by atoms with Crippen molar-refractivity contribution in [2.45, 2.75) is 18.9 Å². The highest BCUT2D eigenvalue weighted by molar-refractivity contribution is 6.30. The minimum Gasteiger partial charge on any atom is -0.384 e. The van der Waals surface area contributed by atoms with E-state index in [2.05, 4.69) is 52.0 Å². The summed E-state index contributed by atoms with van der Waals surface area (Å²) < 4.78 is 0. The van der Waals surface area contributed by atoms with E-state index in [1.54, 1.807) is 0 Å². The molecule has 2 N–H and O–H groups in total. The predicted octanol–water partition coefficient (Wildman–Crippen LogP) is 5.10. The van der Waals surface area contributed by atoms with Crippen LogP contribution >= 0.6 is 11.6 Å². The number of hydrogen-bond donors (Lipinski definition) is 2. The Bertz CT molecular complexity index is 861. The quantitative estimate of drug-likeness (QED) is 0.673. The van der Waals surface area contributed by atoms with Crippen LogP contribution in [0.1, 0.15) is 22.6 Å². The summed E-state index contributed by atoms with van der Waals surface area (Å²) in [6, 6.07) is 20.6. The van der Waals surface area contributed by atoms with Crippen LogP contribution in [-0.4, -0.2) is 11.5 Å². The molecule has 3 nitrogen and oxygen atoms in total. The summed E-state index contributed by atoms with van der Waals surface area (Å²) in [4.78, 5) is 4.55. The van der Waals surface area contributed by atoms with Gasteiger partial charge in [-0.15, -0.1) is 0 Å². The third-order valence-corrected chi connectivity index (χ3v) is 4.84. The molecule has 1 atom stereocenters. The van der Waals surface area contributed by atoms with Crippen LogP contribution in [0.5, 0.6) is 0 Å². The lowest BCUT2D eigenvalue weighted by molar-refractivity contribution is 0.749. The summed E-state index contributed by atoms with van der Waals surface area (Å²) in [7, 11) is 0. The second kappa shape index (κ2) is 7.16. The molecule has 0 spiro atoms. The number of rotatable bonds is 5. The lowest BCUT2D eigenvalue weighted by atomic mass is 9.94. The smallest absolute Gasteiger partial charge is 0.126 e. The highest BCUT2D eigenvalue weighted by Gasteiger charge is 2.21. The average Bonchev–Trinajstić information content (AvgIpc) is 3.04. The molecule has 3 aromatic rings. The van der Waals surface area contributed by atoms with E-state index in [0.29, 0.717) is 12.5 Å². The number of nitrogens with one attached hydrogen (secondary N) is 2. The molecule has 1 aliphatic rings. The van der Waals surface area contributed by atoms with Crippen LogP contribution < -0.4 is 10.6 Å². The van der Waals surface area contributed by atoms with E-state index in [4.69, 9.17) is 11.6 Å². The number of fused-ring (bicyclic) bond motifs is 1. The van der Waals surface area contributed by atoms with Gasteiger partial charge in [-0.25, -0.2) is 4.98 Å². The van der Waals surface area contributed by atoms with Gasteiger partial charge in [-0.3, -0.25) is 0 Å². The van der Waals surface area contributed by atoms with Gasteiger partial charge in [-0.2, -0.15) is 0 Å². The van der Waals surface area contributed by atoms with Crippen molar-refractivity contribution >= 4 is 23.1 Å². The fourth-order valence-corrected chi connectivity index (χ4v) is 3.53. The van der Waals surface area contributed by atoms with Gasteiger partial charge in [-0.1, -0.05) is 48.0 Å². The zero-order valence-corrected chi connectivity index (χ0v) is 14.6. The summed E-state index contributed by atoms with van der Waals surface area (Å²) in [5, 5.41) is 7.58. The maximum absolute atomic E-state index is 6.02. The third-order valence-electron chi connectivity index (χ3n) is 4.61. The van der Waals surface area contributed by atoms with Gasteiger partial charge in [0, 0.05) is 35.9 Å². The molecule has 1 unspecified atom stereocenters.